The summed E-state index contributed by atoms with van der Waals surface area (Å²) < 4.78 is 54.1. The molecule has 0 aromatic carbocycles. The summed E-state index contributed by atoms with van der Waals surface area (Å²) in [5.41, 5.74) is 5.46. The summed E-state index contributed by atoms with van der Waals surface area (Å²) in [6.45, 7) is 2.45. The molecule has 1 fully saturated rings. The fraction of sp³-hybridized carbons (Fsp3) is 1.00. The minimum atomic E-state index is -4.08. The van der Waals surface area contributed by atoms with E-state index >= 15 is 0 Å². The fourth-order valence-electron chi connectivity index (χ4n) is 2.24. The van der Waals surface area contributed by atoms with Crippen molar-refractivity contribution in [2.45, 2.75) is 13.0 Å². The predicted molar refractivity (Wildman–Crippen MR) is 68.6 cm³/mol. The van der Waals surface area contributed by atoms with E-state index in [9.17, 15) is 16.8 Å². The molecule has 0 radical (unpaired) electrons. The summed E-state index contributed by atoms with van der Waals surface area (Å²) in [6.07, 6.45) is 0. The lowest BCUT2D eigenvalue weighted by Gasteiger charge is -2.17. The summed E-state index contributed by atoms with van der Waals surface area (Å²) in [7, 11) is -7.37. The van der Waals surface area contributed by atoms with Gasteiger partial charge in [0.2, 0.25) is 0 Å². The molecule has 1 aliphatic rings. The first kappa shape index (κ1) is 15.8. The molecule has 4 N–H and O–H groups in total. The van der Waals surface area contributed by atoms with Crippen molar-refractivity contribution in [3.05, 3.63) is 0 Å². The number of sulfone groups is 1. The van der Waals surface area contributed by atoms with Crippen LogP contribution in [0.5, 0.6) is 0 Å². The van der Waals surface area contributed by atoms with E-state index in [0.29, 0.717) is 13.1 Å². The third-order valence-corrected chi connectivity index (χ3v) is 5.71. The van der Waals surface area contributed by atoms with Crippen molar-refractivity contribution in [3.63, 3.8) is 0 Å². The van der Waals surface area contributed by atoms with Crippen molar-refractivity contribution in [3.8, 4) is 0 Å². The van der Waals surface area contributed by atoms with Gasteiger partial charge in [0, 0.05) is 6.04 Å². The summed E-state index contributed by atoms with van der Waals surface area (Å²) in [4.78, 5) is 0. The lowest BCUT2D eigenvalue weighted by Crippen LogP contribution is -2.33. The van der Waals surface area contributed by atoms with Crippen LogP contribution < -0.4 is 11.1 Å². The van der Waals surface area contributed by atoms with Gasteiger partial charge < -0.3 is 11.1 Å². The molecule has 7 nitrogen and oxygen atoms in total. The van der Waals surface area contributed by atoms with Gasteiger partial charge in [0.25, 0.3) is 10.1 Å². The minimum Gasteiger partial charge on any atom is -0.327 e. The Morgan fingerprint density at radius 1 is 1.22 bits per heavy atom. The van der Waals surface area contributed by atoms with Crippen LogP contribution in [-0.2, 0) is 20.0 Å². The molecule has 0 bridgehead atoms. The van der Waals surface area contributed by atoms with Gasteiger partial charge >= 0.3 is 0 Å². The Kier molecular flexibility index (Phi) is 5.13. The Morgan fingerprint density at radius 3 is 2.17 bits per heavy atom. The van der Waals surface area contributed by atoms with Gasteiger partial charge in [0.15, 0.2) is 9.84 Å². The lowest BCUT2D eigenvalue weighted by molar-refractivity contribution is 0.439. The highest BCUT2D eigenvalue weighted by molar-refractivity contribution is 7.91. The molecule has 108 valence electrons. The van der Waals surface area contributed by atoms with E-state index in [4.69, 9.17) is 10.3 Å². The van der Waals surface area contributed by atoms with E-state index < -0.39 is 31.8 Å². The topological polar surface area (TPSA) is 127 Å². The molecular weight excluding hydrogens is 280 g/mol. The van der Waals surface area contributed by atoms with E-state index in [2.05, 4.69) is 5.32 Å². The zero-order valence-corrected chi connectivity index (χ0v) is 11.9. The van der Waals surface area contributed by atoms with E-state index in [-0.39, 0.29) is 23.3 Å². The van der Waals surface area contributed by atoms with Crippen LogP contribution in [0.2, 0.25) is 0 Å². The maximum atomic E-state index is 11.8. The van der Waals surface area contributed by atoms with Crippen LogP contribution in [0.3, 0.4) is 0 Å². The molecule has 1 aliphatic heterocycles. The average molecular weight is 300 g/mol. The van der Waals surface area contributed by atoms with Crippen LogP contribution >= 0.6 is 0 Å². The molecule has 9 heteroatoms. The third-order valence-electron chi connectivity index (χ3n) is 2.89. The highest BCUT2D eigenvalue weighted by Gasteiger charge is 2.33. The Morgan fingerprint density at radius 2 is 1.72 bits per heavy atom. The Balaban J connectivity index is 2.66. The van der Waals surface area contributed by atoms with Gasteiger partial charge in [0.1, 0.15) is 0 Å². The van der Waals surface area contributed by atoms with Crippen LogP contribution in [-0.4, -0.2) is 57.8 Å². The van der Waals surface area contributed by atoms with Crippen LogP contribution in [0.1, 0.15) is 6.92 Å². The molecule has 18 heavy (non-hydrogen) atoms. The third kappa shape index (κ3) is 5.61. The van der Waals surface area contributed by atoms with E-state index in [1.807, 2.05) is 0 Å². The normalized spacial score (nSPS) is 27.3. The zero-order valence-electron chi connectivity index (χ0n) is 10.2. The first-order valence-electron chi connectivity index (χ1n) is 5.71. The maximum absolute atomic E-state index is 11.8. The SMILES string of the molecule is CC(N)CS(=O)(=O)CC1CNCC1CS(=O)(=O)O. The average Bonchev–Trinajstić information content (AvgIpc) is 2.45. The van der Waals surface area contributed by atoms with Crippen LogP contribution in [0, 0.1) is 11.8 Å². The molecule has 0 amide bonds. The first-order valence-corrected chi connectivity index (χ1v) is 9.14. The van der Waals surface area contributed by atoms with Gasteiger partial charge in [0.05, 0.1) is 17.3 Å². The second-order valence-corrected chi connectivity index (χ2v) is 8.63. The number of hydrogen-bond donors (Lipinski definition) is 3. The van der Waals surface area contributed by atoms with Crippen molar-refractivity contribution in [2.75, 3.05) is 30.3 Å². The van der Waals surface area contributed by atoms with Gasteiger partial charge in [-0.3, -0.25) is 4.55 Å². The summed E-state index contributed by atoms with van der Waals surface area (Å²) in [6, 6.07) is -0.440. The molecular formula is C9H20N2O5S2. The maximum Gasteiger partial charge on any atom is 0.265 e. The standard InChI is InChI=1S/C9H20N2O5S2/c1-7(10)4-17(12,13)5-8-2-11-3-9(8)6-18(14,15)16/h7-9,11H,2-6,10H2,1H3,(H,14,15,16). The zero-order chi connectivity index (χ0) is 14.0. The smallest absolute Gasteiger partial charge is 0.265 e. The van der Waals surface area contributed by atoms with Gasteiger partial charge in [-0.25, -0.2) is 8.42 Å². The predicted octanol–water partition coefficient (Wildman–Crippen LogP) is -1.53. The fourth-order valence-corrected chi connectivity index (χ4v) is 5.15. The largest absolute Gasteiger partial charge is 0.327 e. The second kappa shape index (κ2) is 5.83. The van der Waals surface area contributed by atoms with Crippen molar-refractivity contribution in [2.24, 2.45) is 17.6 Å². The van der Waals surface area contributed by atoms with Gasteiger partial charge in [-0.05, 0) is 31.8 Å². The van der Waals surface area contributed by atoms with E-state index in [0.717, 1.165) is 0 Å². The van der Waals surface area contributed by atoms with E-state index in [1.165, 1.54) is 0 Å². The number of hydrogen-bond acceptors (Lipinski definition) is 6. The summed E-state index contributed by atoms with van der Waals surface area (Å²) in [5.74, 6) is -1.28. The van der Waals surface area contributed by atoms with Crippen molar-refractivity contribution in [1.82, 2.24) is 5.32 Å². The van der Waals surface area contributed by atoms with Crippen molar-refractivity contribution >= 4 is 20.0 Å². The van der Waals surface area contributed by atoms with Crippen LogP contribution in [0.25, 0.3) is 0 Å². The molecule has 1 heterocycles. The number of nitrogens with one attached hydrogen (secondary N) is 1. The van der Waals surface area contributed by atoms with Crippen molar-refractivity contribution < 1.29 is 21.4 Å². The Bertz CT molecular complexity index is 471. The van der Waals surface area contributed by atoms with Gasteiger partial charge in [-0.1, -0.05) is 0 Å². The van der Waals surface area contributed by atoms with Gasteiger partial charge in [-0.2, -0.15) is 8.42 Å². The van der Waals surface area contributed by atoms with Crippen LogP contribution in [0.15, 0.2) is 0 Å². The molecule has 3 atom stereocenters. The molecule has 0 saturated carbocycles. The summed E-state index contributed by atoms with van der Waals surface area (Å²) >= 11 is 0. The molecule has 0 aliphatic carbocycles. The highest BCUT2D eigenvalue weighted by Crippen LogP contribution is 2.20. The van der Waals surface area contributed by atoms with Crippen molar-refractivity contribution in [1.29, 1.82) is 0 Å². The molecule has 0 aromatic rings. The van der Waals surface area contributed by atoms with E-state index in [1.54, 1.807) is 6.92 Å². The summed E-state index contributed by atoms with van der Waals surface area (Å²) in [5, 5.41) is 2.95. The second-order valence-electron chi connectivity index (χ2n) is 4.98. The minimum absolute atomic E-state index is 0.0955. The van der Waals surface area contributed by atoms with Gasteiger partial charge in [-0.15, -0.1) is 0 Å². The molecule has 0 spiro atoms. The molecule has 1 saturated heterocycles. The Labute approximate surface area is 108 Å². The number of rotatable bonds is 6. The molecule has 1 rings (SSSR count). The lowest BCUT2D eigenvalue weighted by atomic mass is 10.0. The number of nitrogens with two attached hydrogens (primary N) is 1. The molecule has 3 unspecified atom stereocenters. The quantitative estimate of drug-likeness (QED) is 0.508. The first-order chi connectivity index (χ1) is 8.09. The molecule has 0 aromatic heterocycles. The Hall–Kier alpha value is -0.220. The highest BCUT2D eigenvalue weighted by atomic mass is 32.2. The van der Waals surface area contributed by atoms with Crippen LogP contribution in [0.4, 0.5) is 0 Å². The monoisotopic (exact) mass is 300 g/mol.